The molecule has 0 radical (unpaired) electrons. The molecule has 1 fully saturated rings. The van der Waals surface area contributed by atoms with Gasteiger partial charge < -0.3 is 5.32 Å². The van der Waals surface area contributed by atoms with Crippen molar-refractivity contribution in [1.29, 1.82) is 0 Å². The first-order valence-corrected chi connectivity index (χ1v) is 8.96. The Kier molecular flexibility index (Phi) is 5.81. The van der Waals surface area contributed by atoms with Crippen LogP contribution in [0.15, 0.2) is 47.5 Å². The van der Waals surface area contributed by atoms with E-state index in [0.717, 1.165) is 15.9 Å². The predicted octanol–water partition coefficient (Wildman–Crippen LogP) is 4.09. The van der Waals surface area contributed by atoms with Crippen molar-refractivity contribution in [3.05, 3.63) is 59.1 Å². The van der Waals surface area contributed by atoms with Crippen molar-refractivity contribution in [2.24, 2.45) is 4.99 Å². The number of likely N-dealkylation sites (N-methyl/N-ethyl adjacent to an activating group) is 1. The van der Waals surface area contributed by atoms with Gasteiger partial charge >= 0.3 is 6.03 Å². The largest absolute Gasteiger partial charge is 0.360 e. The molecule has 1 saturated heterocycles. The third kappa shape index (κ3) is 3.79. The van der Waals surface area contributed by atoms with Crippen LogP contribution in [0.5, 0.6) is 0 Å². The highest BCUT2D eigenvalue weighted by atomic mass is 35.5. The lowest BCUT2D eigenvalue weighted by Crippen LogP contribution is -2.34. The molecule has 3 rings (SSSR count). The molecule has 2 aromatic rings. The minimum Gasteiger partial charge on any atom is -0.360 e. The SMILES string of the molecule is CN1C(=O)C(=NC(CCl)Nc2ccc(F)cc2F)N(c2ccccc2Cl)C1=O. The van der Waals surface area contributed by atoms with Crippen molar-refractivity contribution >= 4 is 52.4 Å². The zero-order valence-electron chi connectivity index (χ0n) is 14.5. The molecule has 1 N–H and O–H groups in total. The van der Waals surface area contributed by atoms with Crippen LogP contribution in [0, 0.1) is 11.6 Å². The number of amides is 3. The highest BCUT2D eigenvalue weighted by Crippen LogP contribution is 2.30. The Morgan fingerprint density at radius 3 is 2.54 bits per heavy atom. The number of para-hydroxylation sites is 1. The molecule has 0 bridgehead atoms. The van der Waals surface area contributed by atoms with E-state index >= 15 is 0 Å². The Balaban J connectivity index is 1.99. The highest BCUT2D eigenvalue weighted by Gasteiger charge is 2.42. The Hall–Kier alpha value is -2.71. The fourth-order valence-electron chi connectivity index (χ4n) is 2.58. The summed E-state index contributed by atoms with van der Waals surface area (Å²) in [4.78, 5) is 31.2. The number of halogens is 4. The van der Waals surface area contributed by atoms with E-state index in [2.05, 4.69) is 10.3 Å². The summed E-state index contributed by atoms with van der Waals surface area (Å²) in [6.45, 7) is 0. The average molecular weight is 427 g/mol. The van der Waals surface area contributed by atoms with E-state index in [1.54, 1.807) is 24.3 Å². The number of anilines is 2. The zero-order valence-corrected chi connectivity index (χ0v) is 16.0. The molecule has 1 heterocycles. The number of nitrogens with zero attached hydrogens (tertiary/aromatic N) is 3. The first-order valence-electron chi connectivity index (χ1n) is 8.05. The van der Waals surface area contributed by atoms with E-state index in [0.29, 0.717) is 6.07 Å². The number of imide groups is 1. The maximum absolute atomic E-state index is 13.9. The van der Waals surface area contributed by atoms with Crippen LogP contribution in [-0.4, -0.2) is 41.8 Å². The molecule has 28 heavy (non-hydrogen) atoms. The number of urea groups is 1. The number of carbonyl (C=O) groups is 2. The summed E-state index contributed by atoms with van der Waals surface area (Å²) in [5, 5.41) is 2.93. The van der Waals surface area contributed by atoms with Gasteiger partial charge in [-0.15, -0.1) is 11.6 Å². The van der Waals surface area contributed by atoms with Gasteiger partial charge in [0.05, 0.1) is 22.3 Å². The number of amidine groups is 1. The van der Waals surface area contributed by atoms with Gasteiger partial charge in [0, 0.05) is 13.1 Å². The van der Waals surface area contributed by atoms with Crippen molar-refractivity contribution in [3.8, 4) is 0 Å². The number of hydrogen-bond acceptors (Lipinski definition) is 4. The van der Waals surface area contributed by atoms with Crippen LogP contribution >= 0.6 is 23.2 Å². The second-order valence-electron chi connectivity index (χ2n) is 5.82. The number of benzene rings is 2. The Bertz CT molecular complexity index is 970. The molecule has 1 unspecified atom stereocenters. The van der Waals surface area contributed by atoms with Crippen molar-refractivity contribution < 1.29 is 18.4 Å². The molecular formula is C18H14Cl2F2N4O2. The topological polar surface area (TPSA) is 65.0 Å². The quantitative estimate of drug-likeness (QED) is 0.578. The molecule has 10 heteroatoms. The van der Waals surface area contributed by atoms with Crippen molar-refractivity contribution in [2.45, 2.75) is 6.17 Å². The van der Waals surface area contributed by atoms with Crippen molar-refractivity contribution in [3.63, 3.8) is 0 Å². The Morgan fingerprint density at radius 2 is 1.89 bits per heavy atom. The lowest BCUT2D eigenvalue weighted by Gasteiger charge is -2.19. The standard InChI is InChI=1S/C18H14Cl2F2N4O2/c1-25-17(27)16(26(18(25)28)14-5-3-2-4-11(14)20)24-15(9-19)23-13-7-6-10(21)8-12(13)22/h2-8,15,23H,9H2,1H3. The number of hydrogen-bond donors (Lipinski definition) is 1. The van der Waals surface area contributed by atoms with Crippen molar-refractivity contribution in [1.82, 2.24) is 4.90 Å². The molecule has 2 aromatic carbocycles. The molecule has 0 aliphatic carbocycles. The third-order valence-electron chi connectivity index (χ3n) is 3.96. The minimum atomic E-state index is -0.968. The second kappa shape index (κ2) is 8.12. The smallest absolute Gasteiger partial charge is 0.337 e. The molecule has 1 aliphatic heterocycles. The van der Waals surface area contributed by atoms with Crippen LogP contribution in [0.4, 0.5) is 25.0 Å². The molecule has 3 amide bonds. The highest BCUT2D eigenvalue weighted by molar-refractivity contribution is 6.55. The molecule has 1 aliphatic rings. The maximum atomic E-state index is 13.9. The van der Waals surface area contributed by atoms with Gasteiger partial charge in [-0.1, -0.05) is 23.7 Å². The Morgan fingerprint density at radius 1 is 1.18 bits per heavy atom. The molecule has 1 atom stereocenters. The van der Waals surface area contributed by atoms with E-state index < -0.39 is 29.7 Å². The van der Waals surface area contributed by atoms with Crippen LogP contribution in [0.3, 0.4) is 0 Å². The van der Waals surface area contributed by atoms with Crippen LogP contribution in [0.25, 0.3) is 0 Å². The first kappa shape index (κ1) is 20.0. The van der Waals surface area contributed by atoms with Gasteiger partial charge in [-0.25, -0.2) is 23.5 Å². The number of alkyl halides is 1. The number of aliphatic imine (C=N–C) groups is 1. The van der Waals surface area contributed by atoms with E-state index in [4.69, 9.17) is 23.2 Å². The molecule has 0 saturated carbocycles. The van der Waals surface area contributed by atoms with Gasteiger partial charge in [-0.05, 0) is 24.3 Å². The summed E-state index contributed by atoms with van der Waals surface area (Å²) in [6.07, 6.45) is -0.968. The van der Waals surface area contributed by atoms with E-state index in [9.17, 15) is 18.4 Å². The normalized spacial score (nSPS) is 16.8. The summed E-state index contributed by atoms with van der Waals surface area (Å²) < 4.78 is 27.0. The van der Waals surface area contributed by atoms with Crippen LogP contribution in [0.1, 0.15) is 0 Å². The van der Waals surface area contributed by atoms with Gasteiger partial charge in [-0.2, -0.15) is 0 Å². The van der Waals surface area contributed by atoms with Gasteiger partial charge in [0.1, 0.15) is 17.8 Å². The summed E-state index contributed by atoms with van der Waals surface area (Å²) in [6, 6.07) is 8.77. The maximum Gasteiger partial charge on any atom is 0.337 e. The Labute approximate surface area is 169 Å². The molecule has 6 nitrogen and oxygen atoms in total. The van der Waals surface area contributed by atoms with Gasteiger partial charge in [0.2, 0.25) is 5.84 Å². The molecule has 146 valence electrons. The van der Waals surface area contributed by atoms with Gasteiger partial charge in [0.15, 0.2) is 0 Å². The summed E-state index contributed by atoms with van der Waals surface area (Å²) >= 11 is 12.1. The van der Waals surface area contributed by atoms with E-state index in [-0.39, 0.29) is 28.1 Å². The van der Waals surface area contributed by atoms with Crippen LogP contribution in [-0.2, 0) is 4.79 Å². The molecule has 0 spiro atoms. The predicted molar refractivity (Wildman–Crippen MR) is 104 cm³/mol. The monoisotopic (exact) mass is 426 g/mol. The summed E-state index contributed by atoms with van der Waals surface area (Å²) in [7, 11) is 1.31. The average Bonchev–Trinajstić information content (AvgIpc) is 2.87. The minimum absolute atomic E-state index is 0.0502. The van der Waals surface area contributed by atoms with Crippen LogP contribution in [0.2, 0.25) is 5.02 Å². The lowest BCUT2D eigenvalue weighted by atomic mass is 10.3. The number of nitrogens with one attached hydrogen (secondary N) is 1. The van der Waals surface area contributed by atoms with E-state index in [1.165, 1.54) is 13.1 Å². The summed E-state index contributed by atoms with van der Waals surface area (Å²) in [5.41, 5.74) is 0.220. The summed E-state index contributed by atoms with van der Waals surface area (Å²) in [5.74, 6) is -2.62. The zero-order chi connectivity index (χ0) is 20.4. The molecule has 0 aromatic heterocycles. The van der Waals surface area contributed by atoms with Crippen molar-refractivity contribution in [2.75, 3.05) is 23.1 Å². The fraction of sp³-hybridized carbons (Fsp3) is 0.167. The third-order valence-corrected chi connectivity index (χ3v) is 4.57. The van der Waals surface area contributed by atoms with Gasteiger partial charge in [-0.3, -0.25) is 9.69 Å². The van der Waals surface area contributed by atoms with Crippen LogP contribution < -0.4 is 10.2 Å². The number of rotatable bonds is 5. The molecular weight excluding hydrogens is 413 g/mol. The second-order valence-corrected chi connectivity index (χ2v) is 6.54. The number of carbonyl (C=O) groups excluding carboxylic acids is 2. The fourth-order valence-corrected chi connectivity index (χ4v) is 2.94. The van der Waals surface area contributed by atoms with Gasteiger partial charge in [0.25, 0.3) is 5.91 Å². The van der Waals surface area contributed by atoms with E-state index in [1.807, 2.05) is 0 Å². The lowest BCUT2D eigenvalue weighted by molar-refractivity contribution is -0.119. The first-order chi connectivity index (χ1) is 13.3.